The second-order valence-corrected chi connectivity index (χ2v) is 7.10. The molecule has 28 heavy (non-hydrogen) atoms. The van der Waals surface area contributed by atoms with Crippen molar-refractivity contribution in [2.24, 2.45) is 11.8 Å². The second kappa shape index (κ2) is 7.26. The number of methoxy groups -OCH3 is 4. The molecule has 0 bridgehead atoms. The molecule has 1 heterocycles. The van der Waals surface area contributed by atoms with Gasteiger partial charge in [0, 0.05) is 11.8 Å². The van der Waals surface area contributed by atoms with Gasteiger partial charge in [-0.05, 0) is 47.4 Å². The zero-order valence-corrected chi connectivity index (χ0v) is 16.5. The van der Waals surface area contributed by atoms with Gasteiger partial charge in [0.05, 0.1) is 41.0 Å². The first kappa shape index (κ1) is 18.5. The van der Waals surface area contributed by atoms with E-state index in [1.807, 2.05) is 30.3 Å². The summed E-state index contributed by atoms with van der Waals surface area (Å²) in [5, 5.41) is 0. The topological polar surface area (TPSA) is 63.2 Å². The molecular weight excluding hydrogens is 360 g/mol. The van der Waals surface area contributed by atoms with Gasteiger partial charge in [-0.25, -0.2) is 0 Å². The maximum absolute atomic E-state index is 12.4. The summed E-state index contributed by atoms with van der Waals surface area (Å²) in [4.78, 5) is 12.4. The van der Waals surface area contributed by atoms with Crippen molar-refractivity contribution in [3.63, 3.8) is 0 Å². The monoisotopic (exact) mass is 384 g/mol. The van der Waals surface area contributed by atoms with Crippen molar-refractivity contribution >= 4 is 5.97 Å². The van der Waals surface area contributed by atoms with Crippen LogP contribution in [0.15, 0.2) is 30.3 Å². The third-order valence-electron chi connectivity index (χ3n) is 5.85. The fourth-order valence-corrected chi connectivity index (χ4v) is 4.48. The van der Waals surface area contributed by atoms with Crippen LogP contribution in [0, 0.1) is 11.8 Å². The number of esters is 1. The van der Waals surface area contributed by atoms with Gasteiger partial charge >= 0.3 is 5.97 Å². The van der Waals surface area contributed by atoms with E-state index in [4.69, 9.17) is 23.7 Å². The summed E-state index contributed by atoms with van der Waals surface area (Å²) in [6, 6.07) is 9.90. The zero-order valence-electron chi connectivity index (χ0n) is 16.5. The van der Waals surface area contributed by atoms with Crippen molar-refractivity contribution in [2.75, 3.05) is 35.0 Å². The molecular formula is C22H24O6. The van der Waals surface area contributed by atoms with Gasteiger partial charge in [-0.3, -0.25) is 4.79 Å². The summed E-state index contributed by atoms with van der Waals surface area (Å²) in [6.07, 6.45) is 0.642. The summed E-state index contributed by atoms with van der Waals surface area (Å²) in [5.74, 6) is 2.43. The highest BCUT2D eigenvalue weighted by molar-refractivity contribution is 5.77. The SMILES string of the molecule is COc1ccc([C@@H]2c3cc(OC)c(OC)cc3C[C@@H]3C(=O)OC[C@@H]23)cc1OC. The van der Waals surface area contributed by atoms with Crippen LogP contribution in [-0.4, -0.2) is 41.0 Å². The Morgan fingerprint density at radius 1 is 0.857 bits per heavy atom. The molecule has 1 fully saturated rings. The molecule has 2 aromatic rings. The maximum atomic E-state index is 12.4. The van der Waals surface area contributed by atoms with Gasteiger partial charge in [0.2, 0.25) is 0 Å². The first-order chi connectivity index (χ1) is 13.6. The zero-order chi connectivity index (χ0) is 19.8. The molecule has 1 aliphatic carbocycles. The first-order valence-corrected chi connectivity index (χ1v) is 9.24. The van der Waals surface area contributed by atoms with Crippen LogP contribution in [0.25, 0.3) is 0 Å². The van der Waals surface area contributed by atoms with Gasteiger partial charge in [-0.15, -0.1) is 0 Å². The molecule has 0 amide bonds. The number of carbonyl (C=O) groups excluding carboxylic acids is 1. The number of carbonyl (C=O) groups is 1. The van der Waals surface area contributed by atoms with Gasteiger partial charge in [0.15, 0.2) is 23.0 Å². The molecule has 4 rings (SSSR count). The van der Waals surface area contributed by atoms with Crippen LogP contribution in [0.2, 0.25) is 0 Å². The quantitative estimate of drug-likeness (QED) is 0.738. The predicted octanol–water partition coefficient (Wildman–Crippen LogP) is 3.20. The molecule has 0 N–H and O–H groups in total. The van der Waals surface area contributed by atoms with Crippen molar-refractivity contribution in [3.8, 4) is 23.0 Å². The van der Waals surface area contributed by atoms with Crippen molar-refractivity contribution in [1.29, 1.82) is 0 Å². The fourth-order valence-electron chi connectivity index (χ4n) is 4.48. The van der Waals surface area contributed by atoms with Crippen LogP contribution in [0.1, 0.15) is 22.6 Å². The first-order valence-electron chi connectivity index (χ1n) is 9.24. The Bertz CT molecular complexity index is 906. The molecule has 0 aromatic heterocycles. The molecule has 3 atom stereocenters. The summed E-state index contributed by atoms with van der Waals surface area (Å²) < 4.78 is 27.3. The van der Waals surface area contributed by atoms with Crippen LogP contribution in [0.5, 0.6) is 23.0 Å². The molecule has 0 radical (unpaired) electrons. The Morgan fingerprint density at radius 2 is 1.50 bits per heavy atom. The van der Waals surface area contributed by atoms with E-state index in [0.29, 0.717) is 36.0 Å². The molecule has 2 aliphatic rings. The molecule has 0 spiro atoms. The van der Waals surface area contributed by atoms with Crippen LogP contribution in [0.4, 0.5) is 0 Å². The lowest BCUT2D eigenvalue weighted by atomic mass is 9.67. The Hall–Kier alpha value is -2.89. The van der Waals surface area contributed by atoms with Crippen LogP contribution >= 0.6 is 0 Å². The summed E-state index contributed by atoms with van der Waals surface area (Å²) in [7, 11) is 6.48. The van der Waals surface area contributed by atoms with E-state index in [2.05, 4.69) is 0 Å². The number of hydrogen-bond donors (Lipinski definition) is 0. The average Bonchev–Trinajstić information content (AvgIpc) is 3.10. The lowest BCUT2D eigenvalue weighted by Crippen LogP contribution is -2.31. The van der Waals surface area contributed by atoms with Gasteiger partial charge < -0.3 is 23.7 Å². The number of benzene rings is 2. The van der Waals surface area contributed by atoms with Crippen LogP contribution in [0.3, 0.4) is 0 Å². The van der Waals surface area contributed by atoms with Crippen molar-refractivity contribution in [1.82, 2.24) is 0 Å². The fraction of sp³-hybridized carbons (Fsp3) is 0.409. The van der Waals surface area contributed by atoms with E-state index in [0.717, 1.165) is 16.7 Å². The van der Waals surface area contributed by atoms with Crippen molar-refractivity contribution in [3.05, 3.63) is 47.0 Å². The number of ether oxygens (including phenoxy) is 5. The maximum Gasteiger partial charge on any atom is 0.309 e. The highest BCUT2D eigenvalue weighted by atomic mass is 16.5. The lowest BCUT2D eigenvalue weighted by molar-refractivity contribution is -0.141. The number of rotatable bonds is 5. The smallest absolute Gasteiger partial charge is 0.309 e. The third-order valence-corrected chi connectivity index (χ3v) is 5.85. The molecule has 1 saturated heterocycles. The molecule has 0 saturated carbocycles. The van der Waals surface area contributed by atoms with Gasteiger partial charge in [-0.1, -0.05) is 6.07 Å². The minimum Gasteiger partial charge on any atom is -0.493 e. The Kier molecular flexibility index (Phi) is 4.79. The Balaban J connectivity index is 1.89. The predicted molar refractivity (Wildman–Crippen MR) is 103 cm³/mol. The molecule has 1 aliphatic heterocycles. The average molecular weight is 384 g/mol. The highest BCUT2D eigenvalue weighted by Crippen LogP contribution is 2.50. The lowest BCUT2D eigenvalue weighted by Gasteiger charge is -2.34. The molecule has 148 valence electrons. The number of hydrogen-bond acceptors (Lipinski definition) is 6. The third kappa shape index (κ3) is 2.84. The number of cyclic esters (lactones) is 1. The van der Waals surface area contributed by atoms with E-state index in [1.165, 1.54) is 0 Å². The van der Waals surface area contributed by atoms with E-state index in [9.17, 15) is 4.79 Å². The normalized spacial score (nSPS) is 22.7. The van der Waals surface area contributed by atoms with Crippen molar-refractivity contribution < 1.29 is 28.5 Å². The van der Waals surface area contributed by atoms with Gasteiger partial charge in [0.1, 0.15) is 0 Å². The van der Waals surface area contributed by atoms with Crippen LogP contribution in [-0.2, 0) is 16.0 Å². The highest BCUT2D eigenvalue weighted by Gasteiger charge is 2.47. The van der Waals surface area contributed by atoms with Crippen molar-refractivity contribution in [2.45, 2.75) is 12.3 Å². The van der Waals surface area contributed by atoms with E-state index in [-0.39, 0.29) is 23.7 Å². The van der Waals surface area contributed by atoms with Gasteiger partial charge in [-0.2, -0.15) is 0 Å². The standard InChI is InChI=1S/C22H24O6/c1-24-17-6-5-12(8-18(17)25-2)21-14-10-20(27-4)19(26-3)9-13(14)7-15-16(21)11-28-22(15)23/h5-6,8-10,15-16,21H,7,11H2,1-4H3/t15-,16+,21+/m0/s1. The Morgan fingerprint density at radius 3 is 2.18 bits per heavy atom. The molecule has 2 aromatic carbocycles. The molecule has 6 heteroatoms. The van der Waals surface area contributed by atoms with E-state index in [1.54, 1.807) is 28.4 Å². The minimum atomic E-state index is -0.163. The van der Waals surface area contributed by atoms with Crippen LogP contribution < -0.4 is 18.9 Å². The van der Waals surface area contributed by atoms with Gasteiger partial charge in [0.25, 0.3) is 0 Å². The summed E-state index contributed by atoms with van der Waals surface area (Å²) >= 11 is 0. The largest absolute Gasteiger partial charge is 0.493 e. The summed E-state index contributed by atoms with van der Waals surface area (Å²) in [5.41, 5.74) is 3.26. The second-order valence-electron chi connectivity index (χ2n) is 7.10. The molecule has 6 nitrogen and oxygen atoms in total. The number of fused-ring (bicyclic) bond motifs is 2. The minimum absolute atomic E-state index is 0.0141. The molecule has 0 unspecified atom stereocenters. The Labute approximate surface area is 164 Å². The van der Waals surface area contributed by atoms with E-state index < -0.39 is 0 Å². The van der Waals surface area contributed by atoms with E-state index >= 15 is 0 Å². The summed E-state index contributed by atoms with van der Waals surface area (Å²) in [6.45, 7) is 0.413.